The maximum atomic E-state index is 5.63. The van der Waals surface area contributed by atoms with Gasteiger partial charge in [0.2, 0.25) is 0 Å². The minimum Gasteiger partial charge on any atom is -0.494 e. The summed E-state index contributed by atoms with van der Waals surface area (Å²) in [6.07, 6.45) is 2.64. The van der Waals surface area contributed by atoms with Gasteiger partial charge in [-0.1, -0.05) is 6.07 Å². The second kappa shape index (κ2) is 5.75. The molecule has 1 N–H and O–H groups in total. The molecule has 0 saturated heterocycles. The van der Waals surface area contributed by atoms with Crippen molar-refractivity contribution in [2.45, 2.75) is 25.8 Å². The zero-order valence-corrected chi connectivity index (χ0v) is 9.74. The Morgan fingerprint density at radius 3 is 2.69 bits per heavy atom. The highest BCUT2D eigenvalue weighted by Gasteiger charge is 2.19. The summed E-state index contributed by atoms with van der Waals surface area (Å²) >= 11 is 0. The Balaban J connectivity index is 1.71. The van der Waals surface area contributed by atoms with Crippen LogP contribution in [-0.2, 0) is 0 Å². The molecular weight excluding hydrogens is 202 g/mol. The van der Waals surface area contributed by atoms with Crippen LogP contribution in [0.15, 0.2) is 24.3 Å². The molecular formula is C13H19NO2. The molecule has 0 heterocycles. The van der Waals surface area contributed by atoms with Gasteiger partial charge < -0.3 is 14.8 Å². The molecule has 2 rings (SSSR count). The molecule has 88 valence electrons. The predicted molar refractivity (Wildman–Crippen MR) is 64.1 cm³/mol. The maximum Gasteiger partial charge on any atom is 0.123 e. The molecule has 3 heteroatoms. The van der Waals surface area contributed by atoms with Crippen molar-refractivity contribution < 1.29 is 9.47 Å². The summed E-state index contributed by atoms with van der Waals surface area (Å²) in [5.41, 5.74) is 0. The molecule has 0 spiro atoms. The Morgan fingerprint density at radius 2 is 2.00 bits per heavy atom. The number of nitrogens with one attached hydrogen (secondary N) is 1. The lowest BCUT2D eigenvalue weighted by Gasteiger charge is -2.08. The van der Waals surface area contributed by atoms with Gasteiger partial charge in [-0.3, -0.25) is 0 Å². The number of hydrogen-bond acceptors (Lipinski definition) is 3. The van der Waals surface area contributed by atoms with E-state index in [1.807, 2.05) is 31.2 Å². The normalized spacial score (nSPS) is 14.8. The molecule has 1 aromatic rings. The lowest BCUT2D eigenvalue weighted by molar-refractivity contribution is 0.306. The van der Waals surface area contributed by atoms with Crippen molar-refractivity contribution in [3.63, 3.8) is 0 Å². The average Bonchev–Trinajstić information content (AvgIpc) is 3.09. The van der Waals surface area contributed by atoms with E-state index in [0.29, 0.717) is 13.2 Å². The van der Waals surface area contributed by atoms with Crippen LogP contribution in [0.2, 0.25) is 0 Å². The first-order chi connectivity index (χ1) is 7.88. The van der Waals surface area contributed by atoms with Gasteiger partial charge in [0.1, 0.15) is 18.1 Å². The molecule has 0 atom stereocenters. The van der Waals surface area contributed by atoms with E-state index in [4.69, 9.17) is 9.47 Å². The SMILES string of the molecule is CCOc1cccc(OCCNC2CC2)c1. The van der Waals surface area contributed by atoms with Gasteiger partial charge in [0.05, 0.1) is 6.61 Å². The molecule has 1 saturated carbocycles. The van der Waals surface area contributed by atoms with Crippen LogP contribution >= 0.6 is 0 Å². The standard InChI is InChI=1S/C13H19NO2/c1-2-15-12-4-3-5-13(10-12)16-9-8-14-11-6-7-11/h3-5,10-11,14H,2,6-9H2,1H3. The lowest BCUT2D eigenvalue weighted by Crippen LogP contribution is -2.22. The van der Waals surface area contributed by atoms with Gasteiger partial charge in [-0.25, -0.2) is 0 Å². The summed E-state index contributed by atoms with van der Waals surface area (Å²) in [6.45, 7) is 4.30. The van der Waals surface area contributed by atoms with E-state index < -0.39 is 0 Å². The third-order valence-electron chi connectivity index (χ3n) is 2.50. The molecule has 16 heavy (non-hydrogen) atoms. The van der Waals surface area contributed by atoms with Crippen LogP contribution in [0.1, 0.15) is 19.8 Å². The monoisotopic (exact) mass is 221 g/mol. The summed E-state index contributed by atoms with van der Waals surface area (Å²) in [4.78, 5) is 0. The molecule has 1 aliphatic rings. The van der Waals surface area contributed by atoms with Crippen molar-refractivity contribution in [3.8, 4) is 11.5 Å². The number of rotatable bonds is 7. The van der Waals surface area contributed by atoms with Crippen LogP contribution in [0.25, 0.3) is 0 Å². The van der Waals surface area contributed by atoms with Gasteiger partial charge >= 0.3 is 0 Å². The molecule has 1 fully saturated rings. The third kappa shape index (κ3) is 3.74. The fraction of sp³-hybridized carbons (Fsp3) is 0.538. The average molecular weight is 221 g/mol. The van der Waals surface area contributed by atoms with E-state index >= 15 is 0 Å². The first kappa shape index (κ1) is 11.3. The molecule has 0 aromatic heterocycles. The van der Waals surface area contributed by atoms with Crippen LogP contribution in [0.5, 0.6) is 11.5 Å². The van der Waals surface area contributed by atoms with Crippen LogP contribution in [0.3, 0.4) is 0 Å². The van der Waals surface area contributed by atoms with E-state index in [-0.39, 0.29) is 0 Å². The molecule has 0 unspecified atom stereocenters. The van der Waals surface area contributed by atoms with E-state index in [1.165, 1.54) is 12.8 Å². The zero-order valence-electron chi connectivity index (χ0n) is 9.74. The first-order valence-corrected chi connectivity index (χ1v) is 5.97. The van der Waals surface area contributed by atoms with E-state index in [0.717, 1.165) is 24.1 Å². The quantitative estimate of drug-likeness (QED) is 0.716. The highest BCUT2D eigenvalue weighted by atomic mass is 16.5. The number of hydrogen-bond donors (Lipinski definition) is 1. The summed E-state index contributed by atoms with van der Waals surface area (Å²) < 4.78 is 11.0. The summed E-state index contributed by atoms with van der Waals surface area (Å²) in [6, 6.07) is 8.53. The van der Waals surface area contributed by atoms with Crippen molar-refractivity contribution in [3.05, 3.63) is 24.3 Å². The predicted octanol–water partition coefficient (Wildman–Crippen LogP) is 2.22. The summed E-state index contributed by atoms with van der Waals surface area (Å²) in [5, 5.41) is 3.41. The second-order valence-corrected chi connectivity index (χ2v) is 3.98. The molecule has 1 aromatic carbocycles. The molecule has 3 nitrogen and oxygen atoms in total. The van der Waals surface area contributed by atoms with Crippen LogP contribution < -0.4 is 14.8 Å². The largest absolute Gasteiger partial charge is 0.494 e. The summed E-state index contributed by atoms with van der Waals surface area (Å²) in [5.74, 6) is 1.75. The number of ether oxygens (including phenoxy) is 2. The zero-order chi connectivity index (χ0) is 11.2. The molecule has 0 radical (unpaired) electrons. The van der Waals surface area contributed by atoms with Gasteiger partial charge in [-0.05, 0) is 31.9 Å². The van der Waals surface area contributed by atoms with Gasteiger partial charge in [-0.2, -0.15) is 0 Å². The van der Waals surface area contributed by atoms with Gasteiger partial charge in [0, 0.05) is 18.7 Å². The Labute approximate surface area is 96.8 Å². The van der Waals surface area contributed by atoms with Gasteiger partial charge in [0.15, 0.2) is 0 Å². The topological polar surface area (TPSA) is 30.5 Å². The third-order valence-corrected chi connectivity index (χ3v) is 2.50. The minimum absolute atomic E-state index is 0.687. The van der Waals surface area contributed by atoms with E-state index in [1.54, 1.807) is 0 Å². The Bertz CT molecular complexity index is 323. The van der Waals surface area contributed by atoms with Crippen molar-refractivity contribution >= 4 is 0 Å². The minimum atomic E-state index is 0.687. The Kier molecular flexibility index (Phi) is 4.05. The fourth-order valence-electron chi connectivity index (χ4n) is 1.54. The number of benzene rings is 1. The lowest BCUT2D eigenvalue weighted by atomic mass is 10.3. The Morgan fingerprint density at radius 1 is 1.25 bits per heavy atom. The van der Waals surface area contributed by atoms with E-state index in [2.05, 4.69) is 5.32 Å². The van der Waals surface area contributed by atoms with Crippen LogP contribution in [0.4, 0.5) is 0 Å². The molecule has 0 aliphatic heterocycles. The Hall–Kier alpha value is -1.22. The van der Waals surface area contributed by atoms with Crippen LogP contribution in [0, 0.1) is 0 Å². The second-order valence-electron chi connectivity index (χ2n) is 3.98. The van der Waals surface area contributed by atoms with Crippen LogP contribution in [-0.4, -0.2) is 25.8 Å². The first-order valence-electron chi connectivity index (χ1n) is 5.97. The van der Waals surface area contributed by atoms with Gasteiger partial charge in [-0.15, -0.1) is 0 Å². The molecule has 1 aliphatic carbocycles. The van der Waals surface area contributed by atoms with Gasteiger partial charge in [0.25, 0.3) is 0 Å². The maximum absolute atomic E-state index is 5.63. The highest BCUT2D eigenvalue weighted by Crippen LogP contribution is 2.20. The molecule has 0 amide bonds. The smallest absolute Gasteiger partial charge is 0.123 e. The highest BCUT2D eigenvalue weighted by molar-refractivity contribution is 5.32. The van der Waals surface area contributed by atoms with E-state index in [9.17, 15) is 0 Å². The summed E-state index contributed by atoms with van der Waals surface area (Å²) in [7, 11) is 0. The van der Waals surface area contributed by atoms with Crippen molar-refractivity contribution in [2.75, 3.05) is 19.8 Å². The van der Waals surface area contributed by atoms with Crippen molar-refractivity contribution in [1.29, 1.82) is 0 Å². The van der Waals surface area contributed by atoms with Crippen molar-refractivity contribution in [1.82, 2.24) is 5.32 Å². The fourth-order valence-corrected chi connectivity index (χ4v) is 1.54. The van der Waals surface area contributed by atoms with Crippen molar-refractivity contribution in [2.24, 2.45) is 0 Å². The molecule has 0 bridgehead atoms.